The summed E-state index contributed by atoms with van der Waals surface area (Å²) >= 11 is 0. The number of benzene rings is 1. The summed E-state index contributed by atoms with van der Waals surface area (Å²) in [6.07, 6.45) is 4.73. The average Bonchev–Trinajstić information content (AvgIpc) is 2.67. The van der Waals surface area contributed by atoms with Crippen molar-refractivity contribution >= 4 is 5.91 Å². The highest BCUT2D eigenvalue weighted by molar-refractivity contribution is 5.76. The van der Waals surface area contributed by atoms with Crippen LogP contribution in [0.5, 0.6) is 0 Å². The van der Waals surface area contributed by atoms with Gasteiger partial charge in [-0.05, 0) is 50.2 Å². The number of aliphatic hydroxyl groups excluding tert-OH is 1. The topological polar surface area (TPSA) is 56.7 Å². The van der Waals surface area contributed by atoms with Crippen molar-refractivity contribution in [1.29, 1.82) is 0 Å². The number of likely N-dealkylation sites (N-methyl/N-ethyl adjacent to an activating group) is 1. The smallest absolute Gasteiger partial charge is 0.222 e. The SMILES string of the molecule is CN(C)[C@]1(c2ccccc2)CCN(C(=O)CCc2ccncc2)C[C@H]1O. The van der Waals surface area contributed by atoms with Crippen LogP contribution in [0, 0.1) is 0 Å². The van der Waals surface area contributed by atoms with Gasteiger partial charge in [-0.1, -0.05) is 30.3 Å². The van der Waals surface area contributed by atoms with Crippen molar-refractivity contribution in [2.45, 2.75) is 30.9 Å². The second kappa shape index (κ2) is 7.98. The molecule has 0 saturated carbocycles. The lowest BCUT2D eigenvalue weighted by Crippen LogP contribution is -2.60. The van der Waals surface area contributed by atoms with E-state index in [0.29, 0.717) is 32.4 Å². The second-order valence-corrected chi connectivity index (χ2v) is 7.15. The molecule has 1 aromatic carbocycles. The number of carbonyl (C=O) groups is 1. The number of nitrogens with zero attached hydrogens (tertiary/aromatic N) is 3. The number of likely N-dealkylation sites (tertiary alicyclic amines) is 1. The van der Waals surface area contributed by atoms with Crippen molar-refractivity contribution in [3.63, 3.8) is 0 Å². The maximum atomic E-state index is 12.6. The lowest BCUT2D eigenvalue weighted by atomic mass is 9.77. The van der Waals surface area contributed by atoms with Crippen molar-refractivity contribution in [2.75, 3.05) is 27.2 Å². The van der Waals surface area contributed by atoms with Crippen LogP contribution in [0.4, 0.5) is 0 Å². The number of amides is 1. The van der Waals surface area contributed by atoms with Crippen LogP contribution in [0.25, 0.3) is 0 Å². The molecule has 5 heteroatoms. The highest BCUT2D eigenvalue weighted by Gasteiger charge is 2.46. The Morgan fingerprint density at radius 1 is 1.23 bits per heavy atom. The van der Waals surface area contributed by atoms with Gasteiger partial charge in [0.2, 0.25) is 5.91 Å². The number of carbonyl (C=O) groups excluding carboxylic acids is 1. The zero-order valence-corrected chi connectivity index (χ0v) is 15.5. The molecule has 3 rings (SSSR count). The first-order valence-electron chi connectivity index (χ1n) is 9.12. The minimum Gasteiger partial charge on any atom is -0.389 e. The van der Waals surface area contributed by atoms with Crippen LogP contribution < -0.4 is 0 Å². The van der Waals surface area contributed by atoms with E-state index in [0.717, 1.165) is 11.1 Å². The number of aliphatic hydroxyl groups is 1. The van der Waals surface area contributed by atoms with Gasteiger partial charge in [0.05, 0.1) is 11.6 Å². The van der Waals surface area contributed by atoms with E-state index in [2.05, 4.69) is 22.0 Å². The molecule has 1 amide bonds. The molecule has 1 aliphatic heterocycles. The molecule has 2 aromatic rings. The molecule has 0 radical (unpaired) electrons. The number of β-amino-alcohol motifs (C(OH)–C–C–N with tert-alkyl or cyclic N) is 1. The van der Waals surface area contributed by atoms with Gasteiger partial charge >= 0.3 is 0 Å². The molecule has 0 spiro atoms. The fourth-order valence-corrected chi connectivity index (χ4v) is 3.95. The van der Waals surface area contributed by atoms with Crippen LogP contribution in [-0.2, 0) is 16.8 Å². The Hall–Kier alpha value is -2.24. The van der Waals surface area contributed by atoms with E-state index in [1.807, 2.05) is 44.4 Å². The van der Waals surface area contributed by atoms with E-state index in [9.17, 15) is 9.90 Å². The molecule has 0 bridgehead atoms. The highest BCUT2D eigenvalue weighted by atomic mass is 16.3. The summed E-state index contributed by atoms with van der Waals surface area (Å²) in [5.74, 6) is 0.0984. The molecular formula is C21H27N3O2. The fraction of sp³-hybridized carbons (Fsp3) is 0.429. The van der Waals surface area contributed by atoms with Crippen LogP contribution in [0.15, 0.2) is 54.9 Å². The zero-order valence-electron chi connectivity index (χ0n) is 15.5. The Balaban J connectivity index is 1.68. The third-order valence-electron chi connectivity index (χ3n) is 5.51. The molecule has 1 fully saturated rings. The Kier molecular flexibility index (Phi) is 5.69. The van der Waals surface area contributed by atoms with Gasteiger partial charge in [0.15, 0.2) is 0 Å². The zero-order chi connectivity index (χ0) is 18.6. The van der Waals surface area contributed by atoms with E-state index >= 15 is 0 Å². The van der Waals surface area contributed by atoms with Crippen molar-refractivity contribution in [3.8, 4) is 0 Å². The Bertz CT molecular complexity index is 721. The lowest BCUT2D eigenvalue weighted by molar-refractivity contribution is -0.140. The average molecular weight is 353 g/mol. The molecule has 1 aliphatic rings. The minimum absolute atomic E-state index is 0.0984. The quantitative estimate of drug-likeness (QED) is 0.894. The van der Waals surface area contributed by atoms with Crippen molar-refractivity contribution in [2.24, 2.45) is 0 Å². The second-order valence-electron chi connectivity index (χ2n) is 7.15. The number of piperidine rings is 1. The van der Waals surface area contributed by atoms with Gasteiger partial charge in [0.1, 0.15) is 0 Å². The Labute approximate surface area is 155 Å². The van der Waals surface area contributed by atoms with Gasteiger partial charge in [-0.25, -0.2) is 0 Å². The van der Waals surface area contributed by atoms with Gasteiger partial charge in [-0.3, -0.25) is 14.7 Å². The van der Waals surface area contributed by atoms with E-state index in [-0.39, 0.29) is 5.91 Å². The maximum absolute atomic E-state index is 12.6. The predicted octanol–water partition coefficient (Wildman–Crippen LogP) is 2.06. The van der Waals surface area contributed by atoms with Crippen molar-refractivity contribution in [1.82, 2.24) is 14.8 Å². The third kappa shape index (κ3) is 3.64. The first-order valence-corrected chi connectivity index (χ1v) is 9.12. The summed E-state index contributed by atoms with van der Waals surface area (Å²) < 4.78 is 0. The monoisotopic (exact) mass is 353 g/mol. The number of pyridine rings is 1. The molecule has 1 saturated heterocycles. The van der Waals surface area contributed by atoms with Crippen LogP contribution in [-0.4, -0.2) is 59.1 Å². The van der Waals surface area contributed by atoms with Crippen molar-refractivity contribution < 1.29 is 9.90 Å². The molecular weight excluding hydrogens is 326 g/mol. The van der Waals surface area contributed by atoms with Crippen LogP contribution in [0.3, 0.4) is 0 Å². The lowest BCUT2D eigenvalue weighted by Gasteiger charge is -2.49. The summed E-state index contributed by atoms with van der Waals surface area (Å²) in [5, 5.41) is 11.0. The molecule has 138 valence electrons. The number of hydrogen-bond donors (Lipinski definition) is 1. The number of hydrogen-bond acceptors (Lipinski definition) is 4. The van der Waals surface area contributed by atoms with Crippen LogP contribution in [0.1, 0.15) is 24.0 Å². The maximum Gasteiger partial charge on any atom is 0.222 e. The molecule has 26 heavy (non-hydrogen) atoms. The summed E-state index contributed by atoms with van der Waals surface area (Å²) in [6, 6.07) is 14.0. The van der Waals surface area contributed by atoms with Gasteiger partial charge in [0, 0.05) is 31.9 Å². The Morgan fingerprint density at radius 2 is 1.92 bits per heavy atom. The van der Waals surface area contributed by atoms with E-state index < -0.39 is 11.6 Å². The van der Waals surface area contributed by atoms with Gasteiger partial charge in [-0.2, -0.15) is 0 Å². The van der Waals surface area contributed by atoms with Gasteiger partial charge in [-0.15, -0.1) is 0 Å². The minimum atomic E-state index is -0.626. The fourth-order valence-electron chi connectivity index (χ4n) is 3.95. The summed E-state index contributed by atoms with van der Waals surface area (Å²) in [4.78, 5) is 20.5. The molecule has 2 heterocycles. The molecule has 2 atom stereocenters. The molecule has 1 N–H and O–H groups in total. The predicted molar refractivity (Wildman–Crippen MR) is 102 cm³/mol. The Morgan fingerprint density at radius 3 is 2.54 bits per heavy atom. The molecule has 5 nitrogen and oxygen atoms in total. The van der Waals surface area contributed by atoms with Gasteiger partial charge < -0.3 is 10.0 Å². The number of aromatic nitrogens is 1. The first kappa shape index (κ1) is 18.5. The molecule has 1 aromatic heterocycles. The molecule has 0 aliphatic carbocycles. The number of rotatable bonds is 5. The normalized spacial score (nSPS) is 23.2. The summed E-state index contributed by atoms with van der Waals surface area (Å²) in [6.45, 7) is 1.02. The highest BCUT2D eigenvalue weighted by Crippen LogP contribution is 2.37. The van der Waals surface area contributed by atoms with Gasteiger partial charge in [0.25, 0.3) is 0 Å². The number of aryl methyl sites for hydroxylation is 1. The van der Waals surface area contributed by atoms with Crippen molar-refractivity contribution in [3.05, 3.63) is 66.0 Å². The summed E-state index contributed by atoms with van der Waals surface area (Å²) in [7, 11) is 3.99. The summed E-state index contributed by atoms with van der Waals surface area (Å²) in [5.41, 5.74) is 1.75. The van der Waals surface area contributed by atoms with Crippen LogP contribution >= 0.6 is 0 Å². The standard InChI is InChI=1S/C21H27N3O2/c1-23(2)21(18-6-4-3-5-7-18)12-15-24(16-19(21)25)20(26)9-8-17-10-13-22-14-11-17/h3-7,10-11,13-14,19,25H,8-9,12,15-16H2,1-2H3/t19-,21+/m1/s1. The third-order valence-corrected chi connectivity index (χ3v) is 5.51. The largest absolute Gasteiger partial charge is 0.389 e. The van der Waals surface area contributed by atoms with E-state index in [4.69, 9.17) is 0 Å². The van der Waals surface area contributed by atoms with Crippen LogP contribution in [0.2, 0.25) is 0 Å². The molecule has 0 unspecified atom stereocenters. The first-order chi connectivity index (χ1) is 12.5. The van der Waals surface area contributed by atoms with E-state index in [1.165, 1.54) is 0 Å². The van der Waals surface area contributed by atoms with E-state index in [1.54, 1.807) is 17.3 Å².